The topological polar surface area (TPSA) is 82.0 Å². The largest absolute Gasteiger partial charge is 0.435 e. The zero-order chi connectivity index (χ0) is 21.8. The van der Waals surface area contributed by atoms with Crippen molar-refractivity contribution in [3.8, 4) is 5.69 Å². The lowest BCUT2D eigenvalue weighted by Crippen LogP contribution is -2.31. The highest BCUT2D eigenvalue weighted by Gasteiger charge is 2.36. The van der Waals surface area contributed by atoms with E-state index < -0.39 is 17.8 Å². The van der Waals surface area contributed by atoms with Crippen LogP contribution in [-0.4, -0.2) is 35.1 Å². The van der Waals surface area contributed by atoms with E-state index >= 15 is 0 Å². The number of halogens is 3. The van der Waals surface area contributed by atoms with E-state index in [4.69, 9.17) is 0 Å². The number of nitrogens with one attached hydrogen (secondary N) is 1. The fraction of sp³-hybridized carbons (Fsp3) is 0.300. The van der Waals surface area contributed by atoms with Crippen LogP contribution in [0.25, 0.3) is 11.2 Å². The molecule has 11 heteroatoms. The van der Waals surface area contributed by atoms with Crippen LogP contribution in [-0.2, 0) is 19.6 Å². The normalized spacial score (nSPS) is 16.5. The van der Waals surface area contributed by atoms with Gasteiger partial charge in [0.05, 0.1) is 22.9 Å². The highest BCUT2D eigenvalue weighted by Crippen LogP contribution is 2.31. The van der Waals surface area contributed by atoms with E-state index in [1.807, 2.05) is 30.6 Å². The smallest absolute Gasteiger partial charge is 0.344 e. The Morgan fingerprint density at radius 3 is 2.84 bits per heavy atom. The Morgan fingerprint density at radius 2 is 2.06 bits per heavy atom. The van der Waals surface area contributed by atoms with Crippen molar-refractivity contribution in [2.45, 2.75) is 31.5 Å². The van der Waals surface area contributed by atoms with Crippen LogP contribution in [0.2, 0.25) is 0 Å². The van der Waals surface area contributed by atoms with Crippen molar-refractivity contribution < 1.29 is 18.0 Å². The number of hydrogen-bond donors (Lipinski definition) is 1. The Kier molecular flexibility index (Phi) is 4.34. The first-order valence-electron chi connectivity index (χ1n) is 9.74. The molecule has 1 aliphatic carbocycles. The lowest BCUT2D eigenvalue weighted by atomic mass is 9.93. The van der Waals surface area contributed by atoms with Crippen molar-refractivity contribution in [3.05, 3.63) is 65.5 Å². The number of amides is 1. The van der Waals surface area contributed by atoms with Gasteiger partial charge in [-0.1, -0.05) is 0 Å². The van der Waals surface area contributed by atoms with Crippen molar-refractivity contribution in [1.29, 1.82) is 0 Å². The van der Waals surface area contributed by atoms with Crippen LogP contribution in [0.3, 0.4) is 0 Å². The number of carbonyl (C=O) groups is 1. The Hall–Kier alpha value is -3.63. The SMILES string of the molecule is Cn1nc(C(F)(F)F)cc1C(=O)NC1CCCc2nn(-c3ccn4nccc4c3)cc21. The fourth-order valence-electron chi connectivity index (χ4n) is 3.92. The van der Waals surface area contributed by atoms with E-state index in [-0.39, 0.29) is 11.7 Å². The summed E-state index contributed by atoms with van der Waals surface area (Å²) in [6, 6.07) is 6.16. The predicted octanol–water partition coefficient (Wildman–Crippen LogP) is 3.08. The molecule has 4 aromatic heterocycles. The van der Waals surface area contributed by atoms with Crippen molar-refractivity contribution in [1.82, 2.24) is 34.5 Å². The van der Waals surface area contributed by atoms with E-state index in [2.05, 4.69) is 20.6 Å². The Balaban J connectivity index is 1.42. The van der Waals surface area contributed by atoms with Gasteiger partial charge in [-0.3, -0.25) is 9.48 Å². The number of aromatic nitrogens is 6. The molecule has 31 heavy (non-hydrogen) atoms. The molecule has 1 N–H and O–H groups in total. The summed E-state index contributed by atoms with van der Waals surface area (Å²) in [7, 11) is 1.32. The summed E-state index contributed by atoms with van der Waals surface area (Å²) >= 11 is 0. The summed E-state index contributed by atoms with van der Waals surface area (Å²) in [6.07, 6.45) is 3.07. The average Bonchev–Trinajstić information content (AvgIpc) is 3.44. The van der Waals surface area contributed by atoms with E-state index in [0.717, 1.165) is 46.1 Å². The zero-order valence-electron chi connectivity index (χ0n) is 16.5. The summed E-state index contributed by atoms with van der Waals surface area (Å²) in [5.41, 5.74) is 2.28. The molecule has 0 bridgehead atoms. The molecule has 0 saturated carbocycles. The molecular weight excluding hydrogens is 411 g/mol. The average molecular weight is 429 g/mol. The van der Waals surface area contributed by atoms with Crippen LogP contribution in [0.1, 0.15) is 46.3 Å². The maximum absolute atomic E-state index is 12.9. The van der Waals surface area contributed by atoms with Crippen molar-refractivity contribution in [2.75, 3.05) is 0 Å². The number of pyridine rings is 1. The first-order chi connectivity index (χ1) is 14.8. The second-order valence-corrected chi connectivity index (χ2v) is 7.52. The molecule has 0 fully saturated rings. The first kappa shape index (κ1) is 19.3. The van der Waals surface area contributed by atoms with Gasteiger partial charge < -0.3 is 5.32 Å². The Morgan fingerprint density at radius 1 is 1.23 bits per heavy atom. The number of carbonyl (C=O) groups excluding carboxylic acids is 1. The van der Waals surface area contributed by atoms with E-state index in [1.54, 1.807) is 15.4 Å². The standard InChI is InChI=1S/C20H18F3N7O/c1-28-17(10-18(27-28)20(21,22)23)19(31)25-15-3-2-4-16-14(15)11-30(26-16)13-6-8-29-12(9-13)5-7-24-29/h5-11,15H,2-4H2,1H3,(H,25,31). The Labute approximate surface area is 174 Å². The van der Waals surface area contributed by atoms with E-state index in [9.17, 15) is 18.0 Å². The summed E-state index contributed by atoms with van der Waals surface area (Å²) in [4.78, 5) is 12.7. The molecule has 1 aliphatic rings. The predicted molar refractivity (Wildman–Crippen MR) is 104 cm³/mol. The Bertz CT molecular complexity index is 1280. The summed E-state index contributed by atoms with van der Waals surface area (Å²) in [5, 5.41) is 15.1. The van der Waals surface area contributed by atoms with Gasteiger partial charge >= 0.3 is 6.18 Å². The van der Waals surface area contributed by atoms with E-state index in [1.165, 1.54) is 7.05 Å². The number of rotatable bonds is 3. The third-order valence-corrected chi connectivity index (χ3v) is 5.46. The monoisotopic (exact) mass is 429 g/mol. The van der Waals surface area contributed by atoms with Gasteiger partial charge in [0.2, 0.25) is 0 Å². The number of hydrogen-bond acceptors (Lipinski definition) is 4. The van der Waals surface area contributed by atoms with Crippen LogP contribution in [0, 0.1) is 0 Å². The first-order valence-corrected chi connectivity index (χ1v) is 9.74. The molecule has 4 heterocycles. The molecule has 160 valence electrons. The van der Waals surface area contributed by atoms with Gasteiger partial charge in [0.25, 0.3) is 5.91 Å². The molecule has 5 rings (SSSR count). The highest BCUT2D eigenvalue weighted by molar-refractivity contribution is 5.93. The molecule has 8 nitrogen and oxygen atoms in total. The molecule has 1 atom stereocenters. The second kappa shape index (κ2) is 6.96. The minimum Gasteiger partial charge on any atom is -0.344 e. The maximum atomic E-state index is 12.9. The molecule has 4 aromatic rings. The molecule has 0 spiro atoms. The fourth-order valence-corrected chi connectivity index (χ4v) is 3.92. The van der Waals surface area contributed by atoms with Crippen LogP contribution in [0.5, 0.6) is 0 Å². The van der Waals surface area contributed by atoms with Crippen LogP contribution >= 0.6 is 0 Å². The molecule has 0 radical (unpaired) electrons. The van der Waals surface area contributed by atoms with Gasteiger partial charge in [-0.25, -0.2) is 9.20 Å². The lowest BCUT2D eigenvalue weighted by Gasteiger charge is -2.22. The van der Waals surface area contributed by atoms with Crippen LogP contribution in [0.15, 0.2) is 42.9 Å². The van der Waals surface area contributed by atoms with Crippen molar-refractivity contribution in [3.63, 3.8) is 0 Å². The molecule has 1 unspecified atom stereocenters. The summed E-state index contributed by atoms with van der Waals surface area (Å²) in [6.45, 7) is 0. The third-order valence-electron chi connectivity index (χ3n) is 5.46. The lowest BCUT2D eigenvalue weighted by molar-refractivity contribution is -0.141. The van der Waals surface area contributed by atoms with Gasteiger partial charge in [0, 0.05) is 37.3 Å². The summed E-state index contributed by atoms with van der Waals surface area (Å²) < 4.78 is 43.2. The molecule has 1 amide bonds. The van der Waals surface area contributed by atoms with Crippen molar-refractivity contribution in [2.24, 2.45) is 7.05 Å². The zero-order valence-corrected chi connectivity index (χ0v) is 16.5. The quantitative estimate of drug-likeness (QED) is 0.543. The van der Waals surface area contributed by atoms with E-state index in [0.29, 0.717) is 6.42 Å². The molecule has 0 aromatic carbocycles. The van der Waals surface area contributed by atoms with Gasteiger partial charge in [0.1, 0.15) is 5.69 Å². The third kappa shape index (κ3) is 3.45. The highest BCUT2D eigenvalue weighted by atomic mass is 19.4. The number of fused-ring (bicyclic) bond motifs is 2. The van der Waals surface area contributed by atoms with Crippen molar-refractivity contribution >= 4 is 11.4 Å². The molecule has 0 saturated heterocycles. The molecule has 0 aliphatic heterocycles. The van der Waals surface area contributed by atoms with Gasteiger partial charge in [-0.2, -0.15) is 28.5 Å². The van der Waals surface area contributed by atoms with Gasteiger partial charge in [-0.15, -0.1) is 0 Å². The minimum absolute atomic E-state index is 0.141. The number of aryl methyl sites for hydroxylation is 2. The van der Waals surface area contributed by atoms with Crippen LogP contribution in [0.4, 0.5) is 13.2 Å². The van der Waals surface area contributed by atoms with Gasteiger partial charge in [-0.05, 0) is 37.5 Å². The minimum atomic E-state index is -4.61. The second-order valence-electron chi connectivity index (χ2n) is 7.52. The maximum Gasteiger partial charge on any atom is 0.435 e. The number of nitrogens with zero attached hydrogens (tertiary/aromatic N) is 6. The van der Waals surface area contributed by atoms with Crippen LogP contribution < -0.4 is 5.32 Å². The number of alkyl halides is 3. The van der Waals surface area contributed by atoms with Gasteiger partial charge in [0.15, 0.2) is 5.69 Å². The molecular formula is C20H18F3N7O. The summed E-state index contributed by atoms with van der Waals surface area (Å²) in [5.74, 6) is -0.600.